The summed E-state index contributed by atoms with van der Waals surface area (Å²) in [7, 11) is 2.05. The minimum Gasteiger partial charge on any atom is -0.389 e. The molecule has 1 aliphatic carbocycles. The zero-order valence-corrected chi connectivity index (χ0v) is 11.9. The molecule has 1 heterocycles. The third-order valence-electron chi connectivity index (χ3n) is 4.71. The van der Waals surface area contributed by atoms with Crippen LogP contribution in [0.15, 0.2) is 0 Å². The summed E-state index contributed by atoms with van der Waals surface area (Å²) in [6.07, 6.45) is 2.61. The molecule has 18 heavy (non-hydrogen) atoms. The first kappa shape index (κ1) is 14.3. The lowest BCUT2D eigenvalue weighted by molar-refractivity contribution is 0.0572. The molecule has 4 nitrogen and oxygen atoms in total. The van der Waals surface area contributed by atoms with Crippen molar-refractivity contribution in [2.75, 3.05) is 26.7 Å². The van der Waals surface area contributed by atoms with Gasteiger partial charge in [-0.2, -0.15) is 0 Å². The summed E-state index contributed by atoms with van der Waals surface area (Å²) < 4.78 is 0. The van der Waals surface area contributed by atoms with Crippen molar-refractivity contribution in [3.8, 4) is 0 Å². The number of aliphatic hydroxyl groups excluding tert-OH is 2. The highest BCUT2D eigenvalue weighted by Gasteiger charge is 2.37. The maximum atomic E-state index is 9.62. The Morgan fingerprint density at radius 1 is 1.22 bits per heavy atom. The van der Waals surface area contributed by atoms with Crippen LogP contribution in [0.4, 0.5) is 0 Å². The third kappa shape index (κ3) is 3.23. The zero-order valence-electron chi connectivity index (χ0n) is 11.9. The van der Waals surface area contributed by atoms with Crippen LogP contribution in [-0.4, -0.2) is 60.0 Å². The first-order valence-electron chi connectivity index (χ1n) is 7.17. The zero-order chi connectivity index (χ0) is 13.3. The summed E-state index contributed by atoms with van der Waals surface area (Å²) in [4.78, 5) is 2.21. The largest absolute Gasteiger partial charge is 0.389 e. The summed E-state index contributed by atoms with van der Waals surface area (Å²) >= 11 is 0. The van der Waals surface area contributed by atoms with E-state index in [2.05, 4.69) is 24.1 Å². The van der Waals surface area contributed by atoms with Crippen LogP contribution in [-0.2, 0) is 0 Å². The maximum absolute atomic E-state index is 9.62. The van der Waals surface area contributed by atoms with Crippen molar-refractivity contribution in [3.63, 3.8) is 0 Å². The van der Waals surface area contributed by atoms with E-state index in [-0.39, 0.29) is 0 Å². The average Bonchev–Trinajstić information content (AvgIpc) is 2.57. The van der Waals surface area contributed by atoms with Crippen molar-refractivity contribution < 1.29 is 10.2 Å². The molecular formula is C14H28N2O2. The van der Waals surface area contributed by atoms with E-state index in [4.69, 9.17) is 0 Å². The number of nitrogens with zero attached hydrogens (tertiary/aromatic N) is 1. The summed E-state index contributed by atoms with van der Waals surface area (Å²) in [5.41, 5.74) is 0.426. The Morgan fingerprint density at radius 3 is 2.39 bits per heavy atom. The Morgan fingerprint density at radius 2 is 1.83 bits per heavy atom. The molecule has 1 saturated heterocycles. The van der Waals surface area contributed by atoms with E-state index in [0.29, 0.717) is 30.5 Å². The van der Waals surface area contributed by atoms with Crippen LogP contribution in [0.25, 0.3) is 0 Å². The summed E-state index contributed by atoms with van der Waals surface area (Å²) in [6.45, 7) is 6.92. The summed E-state index contributed by atoms with van der Waals surface area (Å²) in [5.74, 6) is 0.622. The minimum absolute atomic E-state index is 0.426. The lowest BCUT2D eigenvalue weighted by Gasteiger charge is -2.42. The van der Waals surface area contributed by atoms with E-state index < -0.39 is 12.2 Å². The summed E-state index contributed by atoms with van der Waals surface area (Å²) in [6, 6.07) is 0.577. The fraction of sp³-hybridized carbons (Fsp3) is 1.00. The average molecular weight is 256 g/mol. The van der Waals surface area contributed by atoms with Gasteiger partial charge < -0.3 is 15.5 Å². The Kier molecular flexibility index (Phi) is 4.32. The van der Waals surface area contributed by atoms with Crippen molar-refractivity contribution in [3.05, 3.63) is 0 Å². The number of β-amino-alcohol motifs (C(OH)–C–C–N with tert-alkyl or cyclic N) is 2. The maximum Gasteiger partial charge on any atom is 0.0938 e. The van der Waals surface area contributed by atoms with Crippen molar-refractivity contribution in [2.45, 2.75) is 51.4 Å². The highest BCUT2D eigenvalue weighted by molar-refractivity contribution is 4.92. The van der Waals surface area contributed by atoms with Crippen molar-refractivity contribution >= 4 is 0 Å². The Bertz CT molecular complexity index is 273. The van der Waals surface area contributed by atoms with Crippen molar-refractivity contribution in [1.82, 2.24) is 10.2 Å². The van der Waals surface area contributed by atoms with E-state index in [1.165, 1.54) is 19.3 Å². The van der Waals surface area contributed by atoms with Crippen molar-refractivity contribution in [2.24, 2.45) is 11.3 Å². The lowest BCUT2D eigenvalue weighted by Crippen LogP contribution is -2.46. The van der Waals surface area contributed by atoms with Crippen LogP contribution < -0.4 is 5.32 Å². The van der Waals surface area contributed by atoms with Crippen LogP contribution in [0, 0.1) is 11.3 Å². The molecular weight excluding hydrogens is 228 g/mol. The van der Waals surface area contributed by atoms with Gasteiger partial charge in [0.2, 0.25) is 0 Å². The van der Waals surface area contributed by atoms with Gasteiger partial charge in [-0.25, -0.2) is 0 Å². The molecule has 0 aromatic rings. The number of nitrogens with one attached hydrogen (secondary N) is 1. The second-order valence-corrected chi connectivity index (χ2v) is 6.92. The van der Waals surface area contributed by atoms with Gasteiger partial charge in [-0.3, -0.25) is 4.90 Å². The third-order valence-corrected chi connectivity index (χ3v) is 4.71. The van der Waals surface area contributed by atoms with Gasteiger partial charge in [0.1, 0.15) is 0 Å². The molecule has 0 aromatic carbocycles. The Balaban J connectivity index is 1.93. The van der Waals surface area contributed by atoms with Gasteiger partial charge in [-0.05, 0) is 37.6 Å². The fourth-order valence-electron chi connectivity index (χ4n) is 3.64. The molecule has 0 radical (unpaired) electrons. The SMILES string of the molecule is CNC1CCC(C)(C)CC1CN1CC(O)C(O)C1. The van der Waals surface area contributed by atoms with Gasteiger partial charge in [0, 0.05) is 25.7 Å². The normalized spacial score (nSPS) is 41.2. The van der Waals surface area contributed by atoms with Crippen molar-refractivity contribution in [1.29, 1.82) is 0 Å². The molecule has 1 saturated carbocycles. The predicted molar refractivity (Wildman–Crippen MR) is 72.4 cm³/mol. The number of likely N-dealkylation sites (tertiary alicyclic amines) is 1. The molecule has 4 heteroatoms. The van der Waals surface area contributed by atoms with Crippen LogP contribution in [0.1, 0.15) is 33.1 Å². The van der Waals surface area contributed by atoms with Crippen LogP contribution in [0.5, 0.6) is 0 Å². The molecule has 106 valence electrons. The van der Waals surface area contributed by atoms with Gasteiger partial charge in [0.25, 0.3) is 0 Å². The molecule has 0 aromatic heterocycles. The van der Waals surface area contributed by atoms with E-state index in [1.807, 2.05) is 7.05 Å². The van der Waals surface area contributed by atoms with Crippen LogP contribution in [0.2, 0.25) is 0 Å². The molecule has 4 atom stereocenters. The van der Waals surface area contributed by atoms with Gasteiger partial charge >= 0.3 is 0 Å². The van der Waals surface area contributed by atoms with E-state index in [0.717, 1.165) is 6.54 Å². The monoisotopic (exact) mass is 256 g/mol. The van der Waals surface area contributed by atoms with Gasteiger partial charge in [0.15, 0.2) is 0 Å². The standard InChI is InChI=1S/C14H28N2O2/c1-14(2)5-4-11(15-3)10(6-14)7-16-8-12(17)13(18)9-16/h10-13,15,17-18H,4-9H2,1-3H3. The van der Waals surface area contributed by atoms with Crippen LogP contribution >= 0.6 is 0 Å². The molecule has 2 rings (SSSR count). The Hall–Kier alpha value is -0.160. The number of hydrogen-bond acceptors (Lipinski definition) is 4. The number of hydrogen-bond donors (Lipinski definition) is 3. The van der Waals surface area contributed by atoms with Gasteiger partial charge in [-0.15, -0.1) is 0 Å². The predicted octanol–water partition coefficient (Wildman–Crippen LogP) is 0.438. The molecule has 0 bridgehead atoms. The fourth-order valence-corrected chi connectivity index (χ4v) is 3.64. The van der Waals surface area contributed by atoms with E-state index in [9.17, 15) is 10.2 Å². The van der Waals surface area contributed by atoms with E-state index in [1.54, 1.807) is 0 Å². The van der Waals surface area contributed by atoms with Gasteiger partial charge in [-0.1, -0.05) is 13.8 Å². The molecule has 0 spiro atoms. The molecule has 2 aliphatic rings. The molecule has 2 fully saturated rings. The Labute approximate surface area is 110 Å². The lowest BCUT2D eigenvalue weighted by atomic mass is 9.70. The first-order valence-corrected chi connectivity index (χ1v) is 7.17. The summed E-state index contributed by atoms with van der Waals surface area (Å²) in [5, 5.41) is 22.7. The second kappa shape index (κ2) is 5.45. The smallest absolute Gasteiger partial charge is 0.0938 e. The van der Waals surface area contributed by atoms with E-state index >= 15 is 0 Å². The number of rotatable bonds is 3. The highest BCUT2D eigenvalue weighted by Crippen LogP contribution is 2.39. The molecule has 0 amide bonds. The first-order chi connectivity index (χ1) is 8.41. The number of aliphatic hydroxyl groups is 2. The molecule has 1 aliphatic heterocycles. The molecule has 4 unspecified atom stereocenters. The quantitative estimate of drug-likeness (QED) is 0.686. The molecule has 3 N–H and O–H groups in total. The van der Waals surface area contributed by atoms with Gasteiger partial charge in [0.05, 0.1) is 12.2 Å². The topological polar surface area (TPSA) is 55.7 Å². The minimum atomic E-state index is -0.561. The van der Waals surface area contributed by atoms with Crippen LogP contribution in [0.3, 0.4) is 0 Å². The highest BCUT2D eigenvalue weighted by atomic mass is 16.3. The second-order valence-electron chi connectivity index (χ2n) is 6.92.